The van der Waals surface area contributed by atoms with Crippen molar-refractivity contribution in [2.24, 2.45) is 0 Å². The van der Waals surface area contributed by atoms with Crippen LogP contribution in [0.15, 0.2) is 71.6 Å². The van der Waals surface area contributed by atoms with Crippen molar-refractivity contribution in [2.75, 3.05) is 13.7 Å². The van der Waals surface area contributed by atoms with Crippen LogP contribution in [0.1, 0.15) is 39.5 Å². The van der Waals surface area contributed by atoms with Gasteiger partial charge in [0.1, 0.15) is 12.4 Å². The highest BCUT2D eigenvalue weighted by Crippen LogP contribution is 2.29. The lowest BCUT2D eigenvalue weighted by Gasteiger charge is -2.11. The summed E-state index contributed by atoms with van der Waals surface area (Å²) in [6, 6.07) is 16.1. The van der Waals surface area contributed by atoms with Crippen LogP contribution in [0, 0.1) is 0 Å². The molecule has 0 radical (unpaired) electrons. The van der Waals surface area contributed by atoms with Crippen molar-refractivity contribution in [1.82, 2.24) is 4.72 Å². The highest BCUT2D eigenvalue weighted by molar-refractivity contribution is 7.89. The summed E-state index contributed by atoms with van der Waals surface area (Å²) in [7, 11) is -2.59. The number of rotatable bonds is 10. The number of carbonyl (C=O) groups is 1. The number of esters is 1. The van der Waals surface area contributed by atoms with Crippen molar-refractivity contribution in [3.63, 3.8) is 0 Å². The molecule has 0 saturated heterocycles. The molecule has 0 saturated carbocycles. The van der Waals surface area contributed by atoms with Gasteiger partial charge in [-0.1, -0.05) is 37.3 Å². The van der Waals surface area contributed by atoms with Crippen molar-refractivity contribution in [3.05, 3.63) is 94.5 Å². The second-order valence-electron chi connectivity index (χ2n) is 7.94. The maximum atomic E-state index is 12.7. The topological polar surface area (TPSA) is 81.7 Å². The van der Waals surface area contributed by atoms with Gasteiger partial charge in [-0.15, -0.1) is 0 Å². The van der Waals surface area contributed by atoms with E-state index in [2.05, 4.69) is 4.72 Å². The van der Waals surface area contributed by atoms with Crippen LogP contribution in [0.2, 0.25) is 0 Å². The van der Waals surface area contributed by atoms with E-state index in [-0.39, 0.29) is 23.6 Å². The minimum atomic E-state index is -4.38. The van der Waals surface area contributed by atoms with Crippen molar-refractivity contribution in [1.29, 1.82) is 0 Å². The molecule has 3 aromatic rings. The van der Waals surface area contributed by atoms with Crippen molar-refractivity contribution < 1.29 is 35.9 Å². The van der Waals surface area contributed by atoms with Crippen LogP contribution in [0.4, 0.5) is 13.2 Å². The quantitative estimate of drug-likeness (QED) is 0.373. The zero-order valence-corrected chi connectivity index (χ0v) is 20.6. The van der Waals surface area contributed by atoms with E-state index in [1.807, 2.05) is 6.92 Å². The van der Waals surface area contributed by atoms with Crippen LogP contribution in [0.5, 0.6) is 5.75 Å². The van der Waals surface area contributed by atoms with Crippen LogP contribution < -0.4 is 9.46 Å². The van der Waals surface area contributed by atoms with Gasteiger partial charge >= 0.3 is 12.1 Å². The summed E-state index contributed by atoms with van der Waals surface area (Å²) in [5.41, 5.74) is 1.66. The van der Waals surface area contributed by atoms with Gasteiger partial charge < -0.3 is 9.47 Å². The third kappa shape index (κ3) is 7.08. The first-order chi connectivity index (χ1) is 17.0. The largest absolute Gasteiger partial charge is 0.489 e. The molecule has 0 aliphatic carbocycles. The minimum Gasteiger partial charge on any atom is -0.489 e. The molecule has 0 heterocycles. The Morgan fingerprint density at radius 1 is 0.944 bits per heavy atom. The molecule has 3 rings (SSSR count). The Kier molecular flexibility index (Phi) is 8.75. The standard InChI is InChI=1S/C26H26F3NO5S/c1-3-20-8-13-23(16-24(20)25(31)34-2)36(32,33)30-15-14-18-6-11-22(12-7-18)35-17-19-4-9-21(10-5-19)26(27,28)29/h4-13,16,30H,3,14-15,17H2,1-2H3. The fourth-order valence-electron chi connectivity index (χ4n) is 3.45. The number of hydrogen-bond acceptors (Lipinski definition) is 5. The van der Waals surface area contributed by atoms with E-state index in [1.54, 1.807) is 30.3 Å². The summed E-state index contributed by atoms with van der Waals surface area (Å²) >= 11 is 0. The van der Waals surface area contributed by atoms with Gasteiger partial charge in [0.05, 0.1) is 23.1 Å². The third-order valence-corrected chi connectivity index (χ3v) is 6.95. The minimum absolute atomic E-state index is 0.0212. The van der Waals surface area contributed by atoms with Gasteiger partial charge in [0.2, 0.25) is 10.0 Å². The number of aryl methyl sites for hydroxylation is 1. The lowest BCUT2D eigenvalue weighted by molar-refractivity contribution is -0.137. The van der Waals surface area contributed by atoms with Gasteiger partial charge in [0, 0.05) is 6.54 Å². The molecule has 0 aliphatic heterocycles. The predicted molar refractivity (Wildman–Crippen MR) is 128 cm³/mol. The van der Waals surface area contributed by atoms with Crippen LogP contribution in [-0.4, -0.2) is 28.0 Å². The van der Waals surface area contributed by atoms with Gasteiger partial charge in [-0.05, 0) is 65.9 Å². The number of halogens is 3. The normalized spacial score (nSPS) is 11.8. The SMILES string of the molecule is CCc1ccc(S(=O)(=O)NCCc2ccc(OCc3ccc(C(F)(F)F)cc3)cc2)cc1C(=O)OC. The number of alkyl halides is 3. The third-order valence-electron chi connectivity index (χ3n) is 5.49. The Balaban J connectivity index is 1.54. The molecule has 36 heavy (non-hydrogen) atoms. The maximum absolute atomic E-state index is 12.7. The summed E-state index contributed by atoms with van der Waals surface area (Å²) in [4.78, 5) is 12.0. The lowest BCUT2D eigenvalue weighted by atomic mass is 10.1. The molecule has 0 amide bonds. The van der Waals surface area contributed by atoms with Crippen LogP contribution in [-0.2, 0) is 40.4 Å². The number of ether oxygens (including phenoxy) is 2. The fraction of sp³-hybridized carbons (Fsp3) is 0.269. The van der Waals surface area contributed by atoms with Gasteiger partial charge in [-0.3, -0.25) is 0 Å². The van der Waals surface area contributed by atoms with Gasteiger partial charge in [-0.25, -0.2) is 17.9 Å². The molecule has 0 bridgehead atoms. The Labute approximate surface area is 208 Å². The monoisotopic (exact) mass is 521 g/mol. The Morgan fingerprint density at radius 2 is 1.58 bits per heavy atom. The van der Waals surface area contributed by atoms with Crippen LogP contribution in [0.25, 0.3) is 0 Å². The number of benzene rings is 3. The molecule has 0 atom stereocenters. The molecule has 0 spiro atoms. The Morgan fingerprint density at radius 3 is 2.17 bits per heavy atom. The molecule has 1 N–H and O–H groups in total. The molecule has 0 unspecified atom stereocenters. The van der Waals surface area contributed by atoms with Gasteiger partial charge in [0.25, 0.3) is 0 Å². The second-order valence-corrected chi connectivity index (χ2v) is 9.71. The molecule has 192 valence electrons. The molecule has 6 nitrogen and oxygen atoms in total. The molecule has 0 aromatic heterocycles. The maximum Gasteiger partial charge on any atom is 0.416 e. The number of sulfonamides is 1. The smallest absolute Gasteiger partial charge is 0.416 e. The first-order valence-corrected chi connectivity index (χ1v) is 12.6. The molecule has 10 heteroatoms. The number of hydrogen-bond donors (Lipinski definition) is 1. The van der Waals surface area contributed by atoms with E-state index in [9.17, 15) is 26.4 Å². The van der Waals surface area contributed by atoms with E-state index < -0.39 is 27.7 Å². The summed E-state index contributed by atoms with van der Waals surface area (Å²) in [5.74, 6) is -0.0601. The van der Waals surface area contributed by atoms with Crippen molar-refractivity contribution in [3.8, 4) is 5.75 Å². The fourth-order valence-corrected chi connectivity index (χ4v) is 4.51. The van der Waals surface area contributed by atoms with Gasteiger partial charge in [-0.2, -0.15) is 13.2 Å². The zero-order valence-electron chi connectivity index (χ0n) is 19.8. The highest BCUT2D eigenvalue weighted by atomic mass is 32.2. The van der Waals surface area contributed by atoms with E-state index in [0.717, 1.165) is 17.7 Å². The second kappa shape index (κ2) is 11.6. The van der Waals surface area contributed by atoms with Crippen LogP contribution >= 0.6 is 0 Å². The van der Waals surface area contributed by atoms with Crippen molar-refractivity contribution in [2.45, 2.75) is 37.4 Å². The molecular formula is C26H26F3NO5S. The molecule has 0 fully saturated rings. The lowest BCUT2D eigenvalue weighted by Crippen LogP contribution is -2.26. The summed E-state index contributed by atoms with van der Waals surface area (Å²) < 4.78 is 76.2. The Hall–Kier alpha value is -3.37. The number of methoxy groups -OCH3 is 1. The molecule has 0 aliphatic rings. The first-order valence-electron chi connectivity index (χ1n) is 11.1. The summed E-state index contributed by atoms with van der Waals surface area (Å²) in [6.07, 6.45) is -3.41. The van der Waals surface area contributed by atoms with E-state index in [1.165, 1.54) is 31.4 Å². The molecular weight excluding hydrogens is 495 g/mol. The van der Waals surface area contributed by atoms with Gasteiger partial charge in [0.15, 0.2) is 0 Å². The molecule has 3 aromatic carbocycles. The predicted octanol–water partition coefficient (Wildman–Crippen LogP) is 5.15. The van der Waals surface area contributed by atoms with E-state index in [4.69, 9.17) is 9.47 Å². The number of carbonyl (C=O) groups excluding carboxylic acids is 1. The van der Waals surface area contributed by atoms with Crippen LogP contribution in [0.3, 0.4) is 0 Å². The average Bonchev–Trinajstić information content (AvgIpc) is 2.87. The summed E-state index contributed by atoms with van der Waals surface area (Å²) in [6.45, 7) is 2.11. The van der Waals surface area contributed by atoms with Crippen molar-refractivity contribution >= 4 is 16.0 Å². The van der Waals surface area contributed by atoms with E-state index in [0.29, 0.717) is 29.7 Å². The summed E-state index contributed by atoms with van der Waals surface area (Å²) in [5, 5.41) is 0. The van der Waals surface area contributed by atoms with E-state index >= 15 is 0 Å². The highest BCUT2D eigenvalue weighted by Gasteiger charge is 2.29. The first kappa shape index (κ1) is 27.2. The number of nitrogens with one attached hydrogen (secondary N) is 1. The average molecular weight is 522 g/mol. The Bertz CT molecular complexity index is 1290. The zero-order chi connectivity index (χ0) is 26.3.